The van der Waals surface area contributed by atoms with Gasteiger partial charge in [0.05, 0.1) is 0 Å². The molecule has 116 valence electrons. The molecule has 20 heavy (non-hydrogen) atoms. The third-order valence-electron chi connectivity index (χ3n) is 5.27. The number of hydrogen-bond donors (Lipinski definition) is 2. The maximum atomic E-state index is 12.2. The third-order valence-corrected chi connectivity index (χ3v) is 5.27. The summed E-state index contributed by atoms with van der Waals surface area (Å²) in [6.45, 7) is 7.43. The Morgan fingerprint density at radius 2 is 1.75 bits per heavy atom. The van der Waals surface area contributed by atoms with Crippen molar-refractivity contribution in [1.29, 1.82) is 0 Å². The first-order chi connectivity index (χ1) is 9.72. The third kappa shape index (κ3) is 4.45. The van der Waals surface area contributed by atoms with Gasteiger partial charge in [-0.25, -0.2) is 0 Å². The second-order valence-corrected chi connectivity index (χ2v) is 6.58. The molecule has 1 heterocycles. The van der Waals surface area contributed by atoms with E-state index in [0.29, 0.717) is 17.7 Å². The first-order valence-electron chi connectivity index (χ1n) is 8.43. The molecule has 2 rings (SSSR count). The van der Waals surface area contributed by atoms with Crippen molar-refractivity contribution in [2.45, 2.75) is 45.4 Å². The maximum absolute atomic E-state index is 12.2. The zero-order valence-electron chi connectivity index (χ0n) is 12.9. The minimum Gasteiger partial charge on any atom is -0.356 e. The molecule has 2 fully saturated rings. The van der Waals surface area contributed by atoms with Crippen molar-refractivity contribution in [1.82, 2.24) is 10.2 Å². The van der Waals surface area contributed by atoms with Crippen molar-refractivity contribution < 1.29 is 4.79 Å². The molecule has 0 radical (unpaired) electrons. The maximum Gasteiger partial charge on any atom is 0.223 e. The summed E-state index contributed by atoms with van der Waals surface area (Å²) in [5.41, 5.74) is 5.70. The van der Waals surface area contributed by atoms with Gasteiger partial charge in [0.2, 0.25) is 5.91 Å². The highest BCUT2D eigenvalue weighted by Gasteiger charge is 2.26. The van der Waals surface area contributed by atoms with Gasteiger partial charge in [-0.05, 0) is 76.5 Å². The highest BCUT2D eigenvalue weighted by atomic mass is 16.1. The molecule has 1 aliphatic heterocycles. The number of carbonyl (C=O) groups is 1. The van der Waals surface area contributed by atoms with E-state index in [0.717, 1.165) is 45.3 Å². The molecule has 0 spiro atoms. The van der Waals surface area contributed by atoms with Crippen LogP contribution >= 0.6 is 0 Å². The SMILES string of the molecule is CCN1CCC(CNC(=O)C2CCC(CN)CC2)CC1. The van der Waals surface area contributed by atoms with Gasteiger partial charge < -0.3 is 16.0 Å². The Bertz CT molecular complexity index is 292. The molecule has 0 aromatic carbocycles. The van der Waals surface area contributed by atoms with Gasteiger partial charge in [-0.15, -0.1) is 0 Å². The number of nitrogens with one attached hydrogen (secondary N) is 1. The molecular weight excluding hydrogens is 250 g/mol. The van der Waals surface area contributed by atoms with Crippen LogP contribution in [0.3, 0.4) is 0 Å². The van der Waals surface area contributed by atoms with E-state index in [1.54, 1.807) is 0 Å². The number of piperidine rings is 1. The zero-order valence-corrected chi connectivity index (χ0v) is 12.9. The molecule has 1 amide bonds. The van der Waals surface area contributed by atoms with Gasteiger partial charge in [-0.3, -0.25) is 4.79 Å². The molecule has 0 unspecified atom stereocenters. The second-order valence-electron chi connectivity index (χ2n) is 6.58. The van der Waals surface area contributed by atoms with E-state index in [1.165, 1.54) is 25.9 Å². The lowest BCUT2D eigenvalue weighted by Gasteiger charge is -2.32. The Hall–Kier alpha value is -0.610. The Morgan fingerprint density at radius 1 is 1.10 bits per heavy atom. The number of rotatable bonds is 5. The monoisotopic (exact) mass is 281 g/mol. The van der Waals surface area contributed by atoms with Crippen LogP contribution in [0.1, 0.15) is 45.4 Å². The van der Waals surface area contributed by atoms with E-state index in [-0.39, 0.29) is 5.92 Å². The summed E-state index contributed by atoms with van der Waals surface area (Å²) in [4.78, 5) is 14.7. The van der Waals surface area contributed by atoms with Crippen molar-refractivity contribution in [2.24, 2.45) is 23.5 Å². The predicted molar refractivity (Wildman–Crippen MR) is 82.4 cm³/mol. The fraction of sp³-hybridized carbons (Fsp3) is 0.938. The van der Waals surface area contributed by atoms with Gasteiger partial charge in [0, 0.05) is 12.5 Å². The molecule has 4 nitrogen and oxygen atoms in total. The zero-order chi connectivity index (χ0) is 14.4. The quantitative estimate of drug-likeness (QED) is 0.805. The molecule has 1 saturated heterocycles. The van der Waals surface area contributed by atoms with Crippen molar-refractivity contribution in [3.63, 3.8) is 0 Å². The fourth-order valence-electron chi connectivity index (χ4n) is 3.56. The number of amides is 1. The lowest BCUT2D eigenvalue weighted by Crippen LogP contribution is -2.40. The summed E-state index contributed by atoms with van der Waals surface area (Å²) in [6, 6.07) is 0. The topological polar surface area (TPSA) is 58.4 Å². The van der Waals surface area contributed by atoms with Crippen LogP contribution < -0.4 is 11.1 Å². The summed E-state index contributed by atoms with van der Waals surface area (Å²) in [5.74, 6) is 1.87. The van der Waals surface area contributed by atoms with E-state index >= 15 is 0 Å². The summed E-state index contributed by atoms with van der Waals surface area (Å²) < 4.78 is 0. The highest BCUT2D eigenvalue weighted by Crippen LogP contribution is 2.28. The fourth-order valence-corrected chi connectivity index (χ4v) is 3.56. The van der Waals surface area contributed by atoms with Gasteiger partial charge in [0.15, 0.2) is 0 Å². The van der Waals surface area contributed by atoms with Crippen LogP contribution in [0.2, 0.25) is 0 Å². The van der Waals surface area contributed by atoms with Crippen LogP contribution in [0, 0.1) is 17.8 Å². The Labute approximate surface area is 123 Å². The summed E-state index contributed by atoms with van der Waals surface area (Å²) >= 11 is 0. The minimum atomic E-state index is 0.244. The highest BCUT2D eigenvalue weighted by molar-refractivity contribution is 5.78. The Morgan fingerprint density at radius 3 is 2.30 bits per heavy atom. The van der Waals surface area contributed by atoms with Gasteiger partial charge in [-0.1, -0.05) is 6.92 Å². The average Bonchev–Trinajstić information content (AvgIpc) is 2.53. The Kier molecular flexibility index (Phi) is 6.30. The normalized spacial score (nSPS) is 29.3. The van der Waals surface area contributed by atoms with Crippen molar-refractivity contribution in [3.05, 3.63) is 0 Å². The van der Waals surface area contributed by atoms with E-state index in [2.05, 4.69) is 17.1 Å². The first kappa shape index (κ1) is 15.8. The number of nitrogens with zero attached hydrogens (tertiary/aromatic N) is 1. The predicted octanol–water partition coefficient (Wildman–Crippen LogP) is 1.60. The van der Waals surface area contributed by atoms with E-state index in [4.69, 9.17) is 5.73 Å². The molecule has 0 atom stereocenters. The van der Waals surface area contributed by atoms with Crippen LogP contribution in [0.5, 0.6) is 0 Å². The smallest absolute Gasteiger partial charge is 0.223 e. The lowest BCUT2D eigenvalue weighted by atomic mass is 9.81. The van der Waals surface area contributed by atoms with Crippen molar-refractivity contribution in [3.8, 4) is 0 Å². The largest absolute Gasteiger partial charge is 0.356 e. The molecule has 3 N–H and O–H groups in total. The van der Waals surface area contributed by atoms with Crippen LogP contribution in [0.15, 0.2) is 0 Å². The van der Waals surface area contributed by atoms with Crippen LogP contribution in [-0.4, -0.2) is 43.5 Å². The molecule has 0 aromatic rings. The van der Waals surface area contributed by atoms with Gasteiger partial charge in [0.25, 0.3) is 0 Å². The van der Waals surface area contributed by atoms with Gasteiger partial charge in [-0.2, -0.15) is 0 Å². The minimum absolute atomic E-state index is 0.244. The Balaban J connectivity index is 1.63. The summed E-state index contributed by atoms with van der Waals surface area (Å²) in [7, 11) is 0. The number of hydrogen-bond acceptors (Lipinski definition) is 3. The summed E-state index contributed by atoms with van der Waals surface area (Å²) in [6.07, 6.45) is 6.78. The van der Waals surface area contributed by atoms with E-state index < -0.39 is 0 Å². The number of nitrogens with two attached hydrogens (primary N) is 1. The molecule has 2 aliphatic rings. The summed E-state index contributed by atoms with van der Waals surface area (Å²) in [5, 5.41) is 3.20. The second kappa shape index (κ2) is 7.99. The van der Waals surface area contributed by atoms with E-state index in [9.17, 15) is 4.79 Å². The van der Waals surface area contributed by atoms with Gasteiger partial charge in [0.1, 0.15) is 0 Å². The number of carbonyl (C=O) groups excluding carboxylic acids is 1. The lowest BCUT2D eigenvalue weighted by molar-refractivity contribution is -0.126. The van der Waals surface area contributed by atoms with Crippen molar-refractivity contribution in [2.75, 3.05) is 32.7 Å². The molecule has 0 aromatic heterocycles. The molecule has 1 saturated carbocycles. The average molecular weight is 281 g/mol. The van der Waals surface area contributed by atoms with Crippen LogP contribution in [0.4, 0.5) is 0 Å². The van der Waals surface area contributed by atoms with E-state index in [1.807, 2.05) is 0 Å². The number of likely N-dealkylation sites (tertiary alicyclic amines) is 1. The van der Waals surface area contributed by atoms with Crippen molar-refractivity contribution >= 4 is 5.91 Å². The molecular formula is C16H31N3O. The van der Waals surface area contributed by atoms with Gasteiger partial charge >= 0.3 is 0 Å². The molecule has 0 bridgehead atoms. The van der Waals surface area contributed by atoms with Crippen LogP contribution in [-0.2, 0) is 4.79 Å². The first-order valence-corrected chi connectivity index (χ1v) is 8.43. The standard InChI is InChI=1S/C16H31N3O/c1-2-19-9-7-14(8-10-19)12-18-16(20)15-5-3-13(11-17)4-6-15/h13-15H,2-12,17H2,1H3,(H,18,20). The molecule has 4 heteroatoms. The molecule has 1 aliphatic carbocycles. The van der Waals surface area contributed by atoms with Crippen LogP contribution in [0.25, 0.3) is 0 Å².